The van der Waals surface area contributed by atoms with Crippen molar-refractivity contribution < 1.29 is 9.50 Å². The number of thiazole rings is 1. The van der Waals surface area contributed by atoms with E-state index in [4.69, 9.17) is 10.1 Å². The summed E-state index contributed by atoms with van der Waals surface area (Å²) in [6.45, 7) is 0.00971. The Balaban J connectivity index is 1.53. The van der Waals surface area contributed by atoms with Gasteiger partial charge in [0.2, 0.25) is 0 Å². The van der Waals surface area contributed by atoms with Crippen molar-refractivity contribution in [3.8, 4) is 10.6 Å². The number of nitrogens with zero attached hydrogens (tertiary/aromatic N) is 2. The molecule has 0 atom stereocenters. The second kappa shape index (κ2) is 6.76. The first-order valence-electron chi connectivity index (χ1n) is 9.43. The van der Waals surface area contributed by atoms with Crippen molar-refractivity contribution in [1.82, 2.24) is 9.97 Å². The van der Waals surface area contributed by atoms with Gasteiger partial charge in [0.25, 0.3) is 0 Å². The number of aliphatic hydroxyl groups excluding tert-OH is 1. The normalized spacial score (nSPS) is 15.1. The summed E-state index contributed by atoms with van der Waals surface area (Å²) in [6, 6.07) is 19.6. The zero-order valence-corrected chi connectivity index (χ0v) is 16.0. The van der Waals surface area contributed by atoms with Crippen LogP contribution in [0.4, 0.5) is 4.39 Å². The second-order valence-corrected chi connectivity index (χ2v) is 8.25. The molecule has 2 aromatic heterocycles. The topological polar surface area (TPSA) is 46.0 Å². The van der Waals surface area contributed by atoms with E-state index in [1.807, 2.05) is 18.2 Å². The lowest BCUT2D eigenvalue weighted by Gasteiger charge is -2.14. The molecule has 1 fully saturated rings. The molecule has 2 aromatic carbocycles. The average molecular weight is 390 g/mol. The lowest BCUT2D eigenvalue weighted by Crippen LogP contribution is -2.10. The molecule has 3 nitrogen and oxygen atoms in total. The predicted octanol–water partition coefficient (Wildman–Crippen LogP) is 5.11. The quantitative estimate of drug-likeness (QED) is 0.515. The van der Waals surface area contributed by atoms with Gasteiger partial charge in [0, 0.05) is 17.6 Å². The molecule has 1 aliphatic rings. The van der Waals surface area contributed by atoms with E-state index >= 15 is 0 Å². The molecular formula is C23H19FN2OS. The molecule has 2 heterocycles. The van der Waals surface area contributed by atoms with Crippen molar-refractivity contribution >= 4 is 21.7 Å². The minimum atomic E-state index is -0.312. The van der Waals surface area contributed by atoms with Crippen LogP contribution < -0.4 is 0 Å². The summed E-state index contributed by atoms with van der Waals surface area (Å²) in [5, 5.41) is 9.67. The lowest BCUT2D eigenvalue weighted by molar-refractivity contribution is 0.299. The van der Waals surface area contributed by atoms with Crippen LogP contribution in [-0.4, -0.2) is 21.7 Å². The van der Waals surface area contributed by atoms with Gasteiger partial charge in [-0.25, -0.2) is 14.4 Å². The van der Waals surface area contributed by atoms with E-state index in [2.05, 4.69) is 35.3 Å². The van der Waals surface area contributed by atoms with E-state index in [-0.39, 0.29) is 17.8 Å². The van der Waals surface area contributed by atoms with Gasteiger partial charge >= 0.3 is 0 Å². The Morgan fingerprint density at radius 1 is 1.00 bits per heavy atom. The van der Waals surface area contributed by atoms with Crippen LogP contribution in [0.2, 0.25) is 0 Å². The number of fused-ring (bicyclic) bond motifs is 1. The van der Waals surface area contributed by atoms with E-state index < -0.39 is 0 Å². The Kier molecular flexibility index (Phi) is 4.22. The highest BCUT2D eigenvalue weighted by Crippen LogP contribution is 2.53. The number of aliphatic hydroxyl groups is 1. The van der Waals surface area contributed by atoms with Gasteiger partial charge in [-0.2, -0.15) is 0 Å². The number of benzene rings is 2. The van der Waals surface area contributed by atoms with Crippen molar-refractivity contribution in [3.63, 3.8) is 0 Å². The molecule has 0 bridgehead atoms. The predicted molar refractivity (Wildman–Crippen MR) is 110 cm³/mol. The van der Waals surface area contributed by atoms with Crippen LogP contribution in [0.25, 0.3) is 20.9 Å². The van der Waals surface area contributed by atoms with Crippen molar-refractivity contribution in [2.24, 2.45) is 0 Å². The number of halogens is 1. The van der Waals surface area contributed by atoms with Crippen LogP contribution in [-0.2, 0) is 11.8 Å². The van der Waals surface area contributed by atoms with Gasteiger partial charge in [0.05, 0.1) is 5.69 Å². The monoisotopic (exact) mass is 390 g/mol. The van der Waals surface area contributed by atoms with Gasteiger partial charge in [-0.3, -0.25) is 0 Å². The molecule has 4 aromatic rings. The van der Waals surface area contributed by atoms with Gasteiger partial charge in [0.15, 0.2) is 0 Å². The molecule has 28 heavy (non-hydrogen) atoms. The maximum Gasteiger partial charge on any atom is 0.144 e. The molecule has 0 radical (unpaired) electrons. The third-order valence-corrected chi connectivity index (χ3v) is 6.48. The number of pyridine rings is 1. The molecule has 0 spiro atoms. The third-order valence-electron chi connectivity index (χ3n) is 5.49. The highest BCUT2D eigenvalue weighted by molar-refractivity contribution is 7.21. The highest BCUT2D eigenvalue weighted by atomic mass is 32.1. The fraction of sp³-hybridized carbons (Fsp3) is 0.217. The summed E-state index contributed by atoms with van der Waals surface area (Å²) in [4.78, 5) is 10.4. The largest absolute Gasteiger partial charge is 0.396 e. The lowest BCUT2D eigenvalue weighted by atomic mass is 9.92. The van der Waals surface area contributed by atoms with E-state index in [9.17, 15) is 4.39 Å². The van der Waals surface area contributed by atoms with Gasteiger partial charge in [-0.1, -0.05) is 47.7 Å². The maximum atomic E-state index is 14.6. The van der Waals surface area contributed by atoms with Crippen molar-refractivity contribution in [2.75, 3.05) is 6.61 Å². The van der Waals surface area contributed by atoms with Crippen molar-refractivity contribution in [1.29, 1.82) is 0 Å². The van der Waals surface area contributed by atoms with Crippen LogP contribution in [0.3, 0.4) is 0 Å². The molecule has 1 N–H and O–H groups in total. The van der Waals surface area contributed by atoms with E-state index in [1.54, 1.807) is 6.07 Å². The Morgan fingerprint density at radius 2 is 1.82 bits per heavy atom. The Morgan fingerprint density at radius 3 is 2.54 bits per heavy atom. The van der Waals surface area contributed by atoms with Gasteiger partial charge in [-0.05, 0) is 54.7 Å². The minimum absolute atomic E-state index is 0.00971. The summed E-state index contributed by atoms with van der Waals surface area (Å²) in [6.07, 6.45) is 2.65. The zero-order chi connectivity index (χ0) is 19.1. The third kappa shape index (κ3) is 2.91. The smallest absolute Gasteiger partial charge is 0.144 e. The van der Waals surface area contributed by atoms with Crippen LogP contribution in [0.15, 0.2) is 60.7 Å². The molecule has 0 aliphatic heterocycles. The van der Waals surface area contributed by atoms with Crippen LogP contribution in [0.1, 0.15) is 29.7 Å². The fourth-order valence-corrected chi connectivity index (χ4v) is 4.76. The van der Waals surface area contributed by atoms with Crippen LogP contribution in [0.5, 0.6) is 0 Å². The number of hydrogen-bond acceptors (Lipinski definition) is 4. The van der Waals surface area contributed by atoms with E-state index in [0.717, 1.165) is 34.4 Å². The van der Waals surface area contributed by atoms with Crippen LogP contribution >= 0.6 is 11.3 Å². The molecule has 140 valence electrons. The summed E-state index contributed by atoms with van der Waals surface area (Å²) in [5.41, 5.74) is 4.44. The zero-order valence-electron chi connectivity index (χ0n) is 15.2. The van der Waals surface area contributed by atoms with Crippen molar-refractivity contribution in [3.05, 3.63) is 83.3 Å². The molecular weight excluding hydrogens is 371 g/mol. The Labute approximate surface area is 166 Å². The van der Waals surface area contributed by atoms with E-state index in [0.29, 0.717) is 17.0 Å². The SMILES string of the molecule is OCCc1ccc(-c2nc3ccc(C4(c5ccccc5)CC4)nc3s2)c(F)c1. The van der Waals surface area contributed by atoms with Crippen molar-refractivity contribution in [2.45, 2.75) is 24.7 Å². The number of aromatic nitrogens is 2. The summed E-state index contributed by atoms with van der Waals surface area (Å²) < 4.78 is 14.6. The first-order valence-corrected chi connectivity index (χ1v) is 10.2. The minimum Gasteiger partial charge on any atom is -0.396 e. The molecule has 0 unspecified atom stereocenters. The molecule has 0 amide bonds. The molecule has 5 heteroatoms. The van der Waals surface area contributed by atoms with E-state index in [1.165, 1.54) is 23.0 Å². The van der Waals surface area contributed by atoms with Gasteiger partial charge < -0.3 is 5.11 Å². The van der Waals surface area contributed by atoms with Gasteiger partial charge in [0.1, 0.15) is 21.2 Å². The summed E-state index contributed by atoms with van der Waals surface area (Å²) >= 11 is 1.43. The second-order valence-electron chi connectivity index (χ2n) is 7.28. The first-order chi connectivity index (χ1) is 13.7. The molecule has 1 saturated carbocycles. The molecule has 0 saturated heterocycles. The van der Waals surface area contributed by atoms with Gasteiger partial charge in [-0.15, -0.1) is 0 Å². The Bertz CT molecular complexity index is 1150. The Hall–Kier alpha value is -2.63. The average Bonchev–Trinajstić information content (AvgIpc) is 3.42. The first kappa shape index (κ1) is 17.5. The maximum absolute atomic E-state index is 14.6. The molecule has 1 aliphatic carbocycles. The fourth-order valence-electron chi connectivity index (χ4n) is 3.79. The number of rotatable bonds is 5. The summed E-state index contributed by atoms with van der Waals surface area (Å²) in [7, 11) is 0. The highest BCUT2D eigenvalue weighted by Gasteiger charge is 2.47. The van der Waals surface area contributed by atoms with Crippen LogP contribution in [0, 0.1) is 5.82 Å². The standard InChI is InChI=1S/C23H19FN2OS/c24-18-14-15(10-13-27)6-7-17(18)21-25-19-8-9-20(26-22(19)28-21)23(11-12-23)16-4-2-1-3-5-16/h1-9,14,27H,10-13H2. The molecule has 5 rings (SSSR count). The number of hydrogen-bond donors (Lipinski definition) is 1. The summed E-state index contributed by atoms with van der Waals surface area (Å²) in [5.74, 6) is -0.312.